The second-order valence-corrected chi connectivity index (χ2v) is 7.36. The number of benzene rings is 1. The van der Waals surface area contributed by atoms with Crippen molar-refractivity contribution in [3.05, 3.63) is 48.4 Å². The van der Waals surface area contributed by atoms with Crippen molar-refractivity contribution in [2.75, 3.05) is 11.9 Å². The first kappa shape index (κ1) is 17.9. The molecule has 6 heteroatoms. The van der Waals surface area contributed by atoms with Gasteiger partial charge >= 0.3 is 6.03 Å². The van der Waals surface area contributed by atoms with Gasteiger partial charge in [-0.2, -0.15) is 0 Å². The summed E-state index contributed by atoms with van der Waals surface area (Å²) in [7, 11) is 0. The Hall–Kier alpha value is -2.47. The topological polar surface area (TPSA) is 66.7 Å². The maximum atomic E-state index is 12.4. The van der Waals surface area contributed by atoms with Gasteiger partial charge in [0.2, 0.25) is 0 Å². The smallest absolute Gasteiger partial charge is 0.319 e. The third-order valence-corrected chi connectivity index (χ3v) is 5.56. The van der Waals surface area contributed by atoms with Crippen molar-refractivity contribution in [1.82, 2.24) is 10.2 Å². The lowest BCUT2D eigenvalue weighted by atomic mass is 9.97. The molecule has 0 spiro atoms. The molecule has 2 fully saturated rings. The van der Waals surface area contributed by atoms with Gasteiger partial charge in [-0.15, -0.1) is 0 Å². The Labute approximate surface area is 159 Å². The summed E-state index contributed by atoms with van der Waals surface area (Å²) >= 11 is 0. The SMILES string of the molecule is CCOc1ccc(NC(=O)NC2C[C@@H]3CC[C@@H](C2)N3Cc2ccco2)cc1. The van der Waals surface area contributed by atoms with Crippen molar-refractivity contribution in [2.24, 2.45) is 0 Å². The lowest BCUT2D eigenvalue weighted by Gasteiger charge is -2.38. The van der Waals surface area contributed by atoms with E-state index in [4.69, 9.17) is 9.15 Å². The third-order valence-electron chi connectivity index (χ3n) is 5.56. The van der Waals surface area contributed by atoms with E-state index in [1.807, 2.05) is 43.3 Å². The molecule has 2 amide bonds. The van der Waals surface area contributed by atoms with Crippen LogP contribution in [0.15, 0.2) is 47.1 Å². The maximum Gasteiger partial charge on any atom is 0.319 e. The van der Waals surface area contributed by atoms with Crippen LogP contribution < -0.4 is 15.4 Å². The van der Waals surface area contributed by atoms with Crippen LogP contribution in [-0.4, -0.2) is 35.7 Å². The first-order chi connectivity index (χ1) is 13.2. The second-order valence-electron chi connectivity index (χ2n) is 7.36. The van der Waals surface area contributed by atoms with Gasteiger partial charge < -0.3 is 19.8 Å². The second kappa shape index (κ2) is 8.05. The molecule has 3 heterocycles. The van der Waals surface area contributed by atoms with E-state index in [1.54, 1.807) is 6.26 Å². The molecule has 1 aromatic heterocycles. The van der Waals surface area contributed by atoms with E-state index in [2.05, 4.69) is 15.5 Å². The van der Waals surface area contributed by atoms with E-state index in [0.717, 1.165) is 36.6 Å². The van der Waals surface area contributed by atoms with Crippen LogP contribution in [0.2, 0.25) is 0 Å². The summed E-state index contributed by atoms with van der Waals surface area (Å²) in [6.07, 6.45) is 6.12. The highest BCUT2D eigenvalue weighted by molar-refractivity contribution is 5.89. The Balaban J connectivity index is 1.28. The van der Waals surface area contributed by atoms with Gasteiger partial charge in [-0.05, 0) is 69.0 Å². The van der Waals surface area contributed by atoms with E-state index >= 15 is 0 Å². The van der Waals surface area contributed by atoms with Crippen LogP contribution in [0.1, 0.15) is 38.4 Å². The van der Waals surface area contributed by atoms with Crippen molar-refractivity contribution < 1.29 is 13.9 Å². The number of carbonyl (C=O) groups excluding carboxylic acids is 1. The van der Waals surface area contributed by atoms with E-state index in [1.165, 1.54) is 12.8 Å². The molecule has 2 saturated heterocycles. The van der Waals surface area contributed by atoms with Gasteiger partial charge in [-0.3, -0.25) is 4.90 Å². The summed E-state index contributed by atoms with van der Waals surface area (Å²) in [5.41, 5.74) is 0.772. The molecule has 0 saturated carbocycles. The molecule has 2 bridgehead atoms. The number of hydrogen-bond acceptors (Lipinski definition) is 4. The fraction of sp³-hybridized carbons (Fsp3) is 0.476. The zero-order valence-corrected chi connectivity index (χ0v) is 15.7. The number of fused-ring (bicyclic) bond motifs is 2. The quantitative estimate of drug-likeness (QED) is 0.808. The third kappa shape index (κ3) is 4.27. The minimum absolute atomic E-state index is 0.136. The molecule has 2 atom stereocenters. The predicted octanol–water partition coefficient (Wildman–Crippen LogP) is 4.00. The highest BCUT2D eigenvalue weighted by Gasteiger charge is 2.41. The van der Waals surface area contributed by atoms with Gasteiger partial charge in [0.1, 0.15) is 11.5 Å². The van der Waals surface area contributed by atoms with Gasteiger partial charge in [0.15, 0.2) is 0 Å². The minimum Gasteiger partial charge on any atom is -0.494 e. The molecule has 0 unspecified atom stereocenters. The Kier molecular flexibility index (Phi) is 5.34. The van der Waals surface area contributed by atoms with Crippen molar-refractivity contribution >= 4 is 11.7 Å². The monoisotopic (exact) mass is 369 g/mol. The predicted molar refractivity (Wildman–Crippen MR) is 104 cm³/mol. The number of rotatable bonds is 6. The molecule has 6 nitrogen and oxygen atoms in total. The molecule has 0 radical (unpaired) electrons. The largest absolute Gasteiger partial charge is 0.494 e. The van der Waals surface area contributed by atoms with Gasteiger partial charge in [-0.1, -0.05) is 0 Å². The molecule has 0 aliphatic carbocycles. The molecular formula is C21H27N3O3. The van der Waals surface area contributed by atoms with Crippen LogP contribution in [-0.2, 0) is 6.54 Å². The fourth-order valence-electron chi connectivity index (χ4n) is 4.39. The van der Waals surface area contributed by atoms with Crippen LogP contribution in [0, 0.1) is 0 Å². The van der Waals surface area contributed by atoms with Crippen molar-refractivity contribution in [3.63, 3.8) is 0 Å². The van der Waals surface area contributed by atoms with Crippen LogP contribution in [0.25, 0.3) is 0 Å². The molecule has 2 aliphatic heterocycles. The van der Waals surface area contributed by atoms with Gasteiger partial charge in [0.25, 0.3) is 0 Å². The lowest BCUT2D eigenvalue weighted by Crippen LogP contribution is -2.50. The van der Waals surface area contributed by atoms with E-state index in [0.29, 0.717) is 18.7 Å². The molecular weight excluding hydrogens is 342 g/mol. The van der Waals surface area contributed by atoms with Gasteiger partial charge in [0, 0.05) is 23.8 Å². The van der Waals surface area contributed by atoms with Gasteiger partial charge in [-0.25, -0.2) is 4.79 Å². The summed E-state index contributed by atoms with van der Waals surface area (Å²) in [6.45, 7) is 3.45. The minimum atomic E-state index is -0.136. The fourth-order valence-corrected chi connectivity index (χ4v) is 4.39. The Morgan fingerprint density at radius 1 is 1.19 bits per heavy atom. The van der Waals surface area contributed by atoms with Crippen molar-refractivity contribution in [1.29, 1.82) is 0 Å². The number of nitrogens with zero attached hydrogens (tertiary/aromatic N) is 1. The molecule has 1 aromatic carbocycles. The van der Waals surface area contributed by atoms with Crippen molar-refractivity contribution in [2.45, 2.75) is 57.3 Å². The molecule has 2 aliphatic rings. The first-order valence-electron chi connectivity index (χ1n) is 9.79. The summed E-state index contributed by atoms with van der Waals surface area (Å²) < 4.78 is 10.9. The molecule has 27 heavy (non-hydrogen) atoms. The number of ether oxygens (including phenoxy) is 1. The average molecular weight is 369 g/mol. The van der Waals surface area contributed by atoms with E-state index in [9.17, 15) is 4.79 Å². The maximum absolute atomic E-state index is 12.4. The number of piperidine rings is 1. The van der Waals surface area contributed by atoms with Gasteiger partial charge in [0.05, 0.1) is 19.4 Å². The standard InChI is InChI=1S/C21H27N3O3/c1-2-26-19-9-5-15(6-10-19)22-21(25)23-16-12-17-7-8-18(13-16)24(17)14-20-4-3-11-27-20/h3-6,9-11,16-18H,2,7-8,12-14H2,1H3,(H2,22,23,25)/t17-,18-/m0/s1. The molecule has 4 rings (SSSR count). The van der Waals surface area contributed by atoms with Crippen molar-refractivity contribution in [3.8, 4) is 5.75 Å². The van der Waals surface area contributed by atoms with E-state index in [-0.39, 0.29) is 12.1 Å². The number of anilines is 1. The number of urea groups is 1. The summed E-state index contributed by atoms with van der Waals surface area (Å²) in [6, 6.07) is 12.6. The van der Waals surface area contributed by atoms with Crippen LogP contribution in [0.5, 0.6) is 5.75 Å². The molecule has 144 valence electrons. The van der Waals surface area contributed by atoms with Crippen LogP contribution >= 0.6 is 0 Å². The molecule has 2 aromatic rings. The number of carbonyl (C=O) groups is 1. The summed E-state index contributed by atoms with van der Waals surface area (Å²) in [5, 5.41) is 6.08. The number of nitrogens with one attached hydrogen (secondary N) is 2. The number of amides is 2. The number of hydrogen-bond donors (Lipinski definition) is 2. The Morgan fingerprint density at radius 2 is 1.93 bits per heavy atom. The Bertz CT molecular complexity index is 731. The summed E-state index contributed by atoms with van der Waals surface area (Å²) in [5.74, 6) is 1.83. The number of furan rings is 1. The highest BCUT2D eigenvalue weighted by atomic mass is 16.5. The Morgan fingerprint density at radius 3 is 2.56 bits per heavy atom. The average Bonchev–Trinajstić information content (AvgIpc) is 3.24. The zero-order valence-electron chi connectivity index (χ0n) is 15.7. The zero-order chi connectivity index (χ0) is 18.6. The first-order valence-corrected chi connectivity index (χ1v) is 9.79. The van der Waals surface area contributed by atoms with Crippen LogP contribution in [0.4, 0.5) is 10.5 Å². The lowest BCUT2D eigenvalue weighted by molar-refractivity contribution is 0.104. The highest BCUT2D eigenvalue weighted by Crippen LogP contribution is 2.36. The van der Waals surface area contributed by atoms with E-state index < -0.39 is 0 Å². The summed E-state index contributed by atoms with van der Waals surface area (Å²) in [4.78, 5) is 14.9. The normalized spacial score (nSPS) is 24.6. The molecule has 2 N–H and O–H groups in total. The van der Waals surface area contributed by atoms with Crippen LogP contribution in [0.3, 0.4) is 0 Å².